The van der Waals surface area contributed by atoms with E-state index in [9.17, 15) is 9.59 Å². The quantitative estimate of drug-likeness (QED) is 0.680. The molecule has 2 aliphatic rings. The zero-order chi connectivity index (χ0) is 22.5. The van der Waals surface area contributed by atoms with Crippen molar-refractivity contribution >= 4 is 23.2 Å². The molecule has 32 heavy (non-hydrogen) atoms. The molecule has 1 N–H and O–H groups in total. The Labute approximate surface area is 194 Å². The van der Waals surface area contributed by atoms with Crippen LogP contribution in [0.1, 0.15) is 71.9 Å². The third-order valence-electron chi connectivity index (χ3n) is 6.47. The Morgan fingerprint density at radius 2 is 1.81 bits per heavy atom. The maximum atomic E-state index is 12.6. The van der Waals surface area contributed by atoms with Gasteiger partial charge in [-0.25, -0.2) is 4.98 Å². The van der Waals surface area contributed by atoms with E-state index in [2.05, 4.69) is 19.2 Å². The lowest BCUT2D eigenvalue weighted by Gasteiger charge is -2.38. The van der Waals surface area contributed by atoms with E-state index in [1.165, 1.54) is 29.8 Å². The number of fused-ring (bicyclic) bond motifs is 1. The van der Waals surface area contributed by atoms with Crippen LogP contribution in [0.2, 0.25) is 0 Å². The number of thiazole rings is 1. The number of carbonyl (C=O) groups is 2. The van der Waals surface area contributed by atoms with Crippen LogP contribution in [0.5, 0.6) is 5.75 Å². The molecule has 0 saturated carbocycles. The molecular formula is C25H33N3O3S. The Kier molecular flexibility index (Phi) is 7.45. The first-order valence-corrected chi connectivity index (χ1v) is 12.6. The van der Waals surface area contributed by atoms with Crippen LogP contribution in [0.3, 0.4) is 0 Å². The van der Waals surface area contributed by atoms with Gasteiger partial charge in [0.15, 0.2) is 6.61 Å². The van der Waals surface area contributed by atoms with Gasteiger partial charge in [0.1, 0.15) is 5.75 Å². The molecule has 6 nitrogen and oxygen atoms in total. The van der Waals surface area contributed by atoms with Crippen molar-refractivity contribution in [1.82, 2.24) is 15.2 Å². The number of hydrogen-bond acceptors (Lipinski definition) is 5. The van der Waals surface area contributed by atoms with Gasteiger partial charge < -0.3 is 15.0 Å². The minimum Gasteiger partial charge on any atom is -0.484 e. The molecule has 1 aromatic heterocycles. The van der Waals surface area contributed by atoms with Gasteiger partial charge in [-0.3, -0.25) is 9.59 Å². The lowest BCUT2D eigenvalue weighted by molar-refractivity contribution is -0.139. The van der Waals surface area contributed by atoms with Gasteiger partial charge in [0.25, 0.3) is 11.8 Å². The standard InChI is InChI=1S/C25H33N3O3S/c1-17-6-5-7-18(2)28(17)24(29)16-31-20-12-10-19(11-13-20)25(30)26-15-14-23-27-21-8-3-4-9-22(21)32-23/h10-13,17-18H,3-9,14-16H2,1-2H3,(H,26,30). The summed E-state index contributed by atoms with van der Waals surface area (Å²) < 4.78 is 5.70. The smallest absolute Gasteiger partial charge is 0.260 e. The molecule has 1 aliphatic heterocycles. The summed E-state index contributed by atoms with van der Waals surface area (Å²) in [6.07, 6.45) is 8.76. The van der Waals surface area contributed by atoms with Crippen molar-refractivity contribution < 1.29 is 14.3 Å². The number of benzene rings is 1. The molecule has 2 amide bonds. The second-order valence-corrected chi connectivity index (χ2v) is 10.1. The average molecular weight is 456 g/mol. The molecule has 0 radical (unpaired) electrons. The molecule has 2 unspecified atom stereocenters. The van der Waals surface area contributed by atoms with E-state index in [0.29, 0.717) is 17.9 Å². The maximum Gasteiger partial charge on any atom is 0.260 e. The zero-order valence-electron chi connectivity index (χ0n) is 19.1. The monoisotopic (exact) mass is 455 g/mol. The van der Waals surface area contributed by atoms with Crippen molar-refractivity contribution in [2.24, 2.45) is 0 Å². The molecule has 1 aliphatic carbocycles. The summed E-state index contributed by atoms with van der Waals surface area (Å²) in [7, 11) is 0. The zero-order valence-corrected chi connectivity index (χ0v) is 19.9. The molecule has 1 saturated heterocycles. The number of aromatic nitrogens is 1. The fraction of sp³-hybridized carbons (Fsp3) is 0.560. The Hall–Kier alpha value is -2.41. The predicted octanol–water partition coefficient (Wildman–Crippen LogP) is 4.16. The third-order valence-corrected chi connectivity index (χ3v) is 7.69. The van der Waals surface area contributed by atoms with Crippen LogP contribution in [0.25, 0.3) is 0 Å². The highest BCUT2D eigenvalue weighted by atomic mass is 32.1. The van der Waals surface area contributed by atoms with Gasteiger partial charge in [-0.05, 0) is 83.1 Å². The molecule has 1 aromatic carbocycles. The Balaban J connectivity index is 1.22. The van der Waals surface area contributed by atoms with Gasteiger partial charge in [-0.15, -0.1) is 11.3 Å². The van der Waals surface area contributed by atoms with Crippen LogP contribution in [-0.2, 0) is 24.1 Å². The molecule has 2 aromatic rings. The average Bonchev–Trinajstić information content (AvgIpc) is 3.20. The third kappa shape index (κ3) is 5.49. The number of carbonyl (C=O) groups excluding carboxylic acids is 2. The lowest BCUT2D eigenvalue weighted by Crippen LogP contribution is -2.49. The fourth-order valence-electron chi connectivity index (χ4n) is 4.73. The topological polar surface area (TPSA) is 71.5 Å². The second-order valence-electron chi connectivity index (χ2n) is 8.93. The highest BCUT2D eigenvalue weighted by molar-refractivity contribution is 7.11. The molecule has 7 heteroatoms. The van der Waals surface area contributed by atoms with Crippen molar-refractivity contribution in [3.63, 3.8) is 0 Å². The molecule has 172 valence electrons. The van der Waals surface area contributed by atoms with Gasteiger partial charge in [-0.2, -0.15) is 0 Å². The first kappa shape index (κ1) is 22.8. The van der Waals surface area contributed by atoms with Gasteiger partial charge in [0.05, 0.1) is 10.7 Å². The van der Waals surface area contributed by atoms with E-state index >= 15 is 0 Å². The molecule has 1 fully saturated rings. The van der Waals surface area contributed by atoms with Gasteiger partial charge in [-0.1, -0.05) is 0 Å². The Bertz CT molecular complexity index is 907. The molecule has 2 heterocycles. The van der Waals surface area contributed by atoms with Crippen molar-refractivity contribution in [1.29, 1.82) is 0 Å². The van der Waals surface area contributed by atoms with Gasteiger partial charge >= 0.3 is 0 Å². The first-order valence-electron chi connectivity index (χ1n) is 11.8. The molecule has 0 spiro atoms. The van der Waals surface area contributed by atoms with E-state index < -0.39 is 0 Å². The minimum absolute atomic E-state index is 0.0235. The number of likely N-dealkylation sites (tertiary alicyclic amines) is 1. The number of amides is 2. The summed E-state index contributed by atoms with van der Waals surface area (Å²) in [5, 5.41) is 4.09. The lowest BCUT2D eigenvalue weighted by atomic mass is 9.97. The number of nitrogens with zero attached hydrogens (tertiary/aromatic N) is 2. The van der Waals surface area contributed by atoms with Crippen LogP contribution < -0.4 is 10.1 Å². The van der Waals surface area contributed by atoms with Crippen LogP contribution in [-0.4, -0.2) is 46.9 Å². The maximum absolute atomic E-state index is 12.6. The highest BCUT2D eigenvalue weighted by Crippen LogP contribution is 2.27. The molecule has 0 bridgehead atoms. The van der Waals surface area contributed by atoms with E-state index in [0.717, 1.165) is 37.1 Å². The predicted molar refractivity (Wildman–Crippen MR) is 126 cm³/mol. The Morgan fingerprint density at radius 1 is 1.09 bits per heavy atom. The molecule has 2 atom stereocenters. The van der Waals surface area contributed by atoms with E-state index in [1.54, 1.807) is 35.6 Å². The summed E-state index contributed by atoms with van der Waals surface area (Å²) in [4.78, 5) is 33.2. The number of ether oxygens (including phenoxy) is 1. The van der Waals surface area contributed by atoms with Gasteiger partial charge in [0.2, 0.25) is 0 Å². The number of nitrogens with one attached hydrogen (secondary N) is 1. The summed E-state index contributed by atoms with van der Waals surface area (Å²) in [6, 6.07) is 7.50. The van der Waals surface area contributed by atoms with E-state index in [1.807, 2.05) is 4.90 Å². The second kappa shape index (κ2) is 10.5. The largest absolute Gasteiger partial charge is 0.484 e. The SMILES string of the molecule is CC1CCCC(C)N1C(=O)COc1ccc(C(=O)NCCc2nc3c(s2)CCCC3)cc1. The fourth-order valence-corrected chi connectivity index (χ4v) is 5.89. The highest BCUT2D eigenvalue weighted by Gasteiger charge is 2.29. The van der Waals surface area contributed by atoms with E-state index in [4.69, 9.17) is 9.72 Å². The minimum atomic E-state index is -0.107. The van der Waals surface area contributed by atoms with Crippen molar-refractivity contribution in [2.75, 3.05) is 13.2 Å². The summed E-state index contributed by atoms with van der Waals surface area (Å²) >= 11 is 1.79. The first-order chi connectivity index (χ1) is 15.5. The Morgan fingerprint density at radius 3 is 2.53 bits per heavy atom. The normalized spacial score (nSPS) is 20.5. The number of rotatable bonds is 7. The van der Waals surface area contributed by atoms with Crippen molar-refractivity contribution in [2.45, 2.75) is 77.3 Å². The van der Waals surface area contributed by atoms with Crippen LogP contribution in [0.15, 0.2) is 24.3 Å². The van der Waals surface area contributed by atoms with Gasteiger partial charge in [0, 0.05) is 35.5 Å². The van der Waals surface area contributed by atoms with Crippen LogP contribution in [0, 0.1) is 0 Å². The van der Waals surface area contributed by atoms with E-state index in [-0.39, 0.29) is 30.5 Å². The van der Waals surface area contributed by atoms with Crippen molar-refractivity contribution in [3.8, 4) is 5.75 Å². The van der Waals surface area contributed by atoms with Crippen LogP contribution >= 0.6 is 11.3 Å². The summed E-state index contributed by atoms with van der Waals surface area (Å²) in [5.74, 6) is 0.515. The number of aryl methyl sites for hydroxylation is 2. The van der Waals surface area contributed by atoms with Crippen LogP contribution in [0.4, 0.5) is 0 Å². The summed E-state index contributed by atoms with van der Waals surface area (Å²) in [5.41, 5.74) is 1.85. The number of piperidine rings is 1. The molecular weight excluding hydrogens is 422 g/mol. The summed E-state index contributed by atoms with van der Waals surface area (Å²) in [6.45, 7) is 4.80. The number of hydrogen-bond donors (Lipinski definition) is 1. The van der Waals surface area contributed by atoms with Crippen molar-refractivity contribution in [3.05, 3.63) is 45.4 Å². The molecule has 4 rings (SSSR count).